The van der Waals surface area contributed by atoms with Gasteiger partial charge >= 0.3 is 6.18 Å². The Balaban J connectivity index is 2.88. The number of carbonyl (C=O) groups excluding carboxylic acids is 1. The second kappa shape index (κ2) is 7.70. The Morgan fingerprint density at radius 2 is 1.90 bits per heavy atom. The molecule has 0 fully saturated rings. The molecule has 114 valence electrons. The predicted octanol–water partition coefficient (Wildman–Crippen LogP) is 2.44. The van der Waals surface area contributed by atoms with Gasteiger partial charge in [0.15, 0.2) is 0 Å². The van der Waals surface area contributed by atoms with E-state index in [9.17, 15) is 18.0 Å². The Bertz CT molecular complexity index is 527. The number of halogens is 3. The van der Waals surface area contributed by atoms with Gasteiger partial charge in [0.25, 0.3) is 5.91 Å². The van der Waals surface area contributed by atoms with Crippen LogP contribution in [0, 0.1) is 11.8 Å². The summed E-state index contributed by atoms with van der Waals surface area (Å²) in [6.45, 7) is 0.219. The maximum absolute atomic E-state index is 12.5. The molecule has 0 aliphatic rings. The van der Waals surface area contributed by atoms with Crippen molar-refractivity contribution in [2.45, 2.75) is 19.5 Å². The first kappa shape index (κ1) is 17.1. The Kier molecular flexibility index (Phi) is 6.25. The molecule has 0 saturated carbocycles. The van der Waals surface area contributed by atoms with E-state index in [0.717, 1.165) is 4.90 Å². The van der Waals surface area contributed by atoms with Gasteiger partial charge in [-0.25, -0.2) is 0 Å². The van der Waals surface area contributed by atoms with E-state index < -0.39 is 18.6 Å². The summed E-state index contributed by atoms with van der Waals surface area (Å²) in [6.07, 6.45) is -3.97. The number of nitrogens with zero attached hydrogens (tertiary/aromatic N) is 1. The smallest absolute Gasteiger partial charge is 0.384 e. The monoisotopic (exact) mass is 299 g/mol. The van der Waals surface area contributed by atoms with Gasteiger partial charge in [0.2, 0.25) is 0 Å². The molecular weight excluding hydrogens is 283 g/mol. The molecule has 0 aliphatic heterocycles. The van der Waals surface area contributed by atoms with Crippen molar-refractivity contribution >= 4 is 5.91 Å². The number of aliphatic hydroxyl groups is 1. The summed E-state index contributed by atoms with van der Waals surface area (Å²) in [4.78, 5) is 12.9. The number of alkyl halides is 3. The number of aliphatic hydroxyl groups excluding tert-OH is 1. The van der Waals surface area contributed by atoms with Crippen LogP contribution in [0.5, 0.6) is 0 Å². The lowest BCUT2D eigenvalue weighted by Crippen LogP contribution is -2.39. The van der Waals surface area contributed by atoms with E-state index in [1.807, 2.05) is 0 Å². The third-order valence-electron chi connectivity index (χ3n) is 2.59. The highest BCUT2D eigenvalue weighted by Gasteiger charge is 2.32. The summed E-state index contributed by atoms with van der Waals surface area (Å²) < 4.78 is 37.4. The van der Waals surface area contributed by atoms with Gasteiger partial charge in [-0.3, -0.25) is 4.79 Å². The summed E-state index contributed by atoms with van der Waals surface area (Å²) in [7, 11) is 0. The number of hydrogen-bond acceptors (Lipinski definition) is 2. The van der Waals surface area contributed by atoms with Crippen LogP contribution in [0.4, 0.5) is 13.2 Å². The van der Waals surface area contributed by atoms with Crippen LogP contribution < -0.4 is 0 Å². The first-order valence-corrected chi connectivity index (χ1v) is 6.43. The second-order valence-corrected chi connectivity index (χ2v) is 4.38. The fourth-order valence-electron chi connectivity index (χ4n) is 1.76. The molecule has 0 aliphatic carbocycles. The van der Waals surface area contributed by atoms with Gasteiger partial charge in [-0.15, -0.1) is 0 Å². The Morgan fingerprint density at radius 3 is 2.38 bits per heavy atom. The van der Waals surface area contributed by atoms with Crippen molar-refractivity contribution in [2.75, 3.05) is 19.7 Å². The Labute approximate surface area is 121 Å². The zero-order chi connectivity index (χ0) is 15.9. The van der Waals surface area contributed by atoms with Gasteiger partial charge in [0, 0.05) is 17.7 Å². The van der Waals surface area contributed by atoms with Crippen molar-refractivity contribution in [3.63, 3.8) is 0 Å². The zero-order valence-corrected chi connectivity index (χ0v) is 11.6. The number of rotatable bonds is 4. The lowest BCUT2D eigenvalue weighted by molar-refractivity contribution is -0.140. The number of hydrogen-bond donors (Lipinski definition) is 1. The molecule has 21 heavy (non-hydrogen) atoms. The quantitative estimate of drug-likeness (QED) is 0.868. The zero-order valence-electron chi connectivity index (χ0n) is 11.6. The van der Waals surface area contributed by atoms with Crippen LogP contribution in [0.1, 0.15) is 29.3 Å². The minimum atomic E-state index is -4.42. The average Bonchev–Trinajstić information content (AvgIpc) is 2.43. The molecule has 6 heteroatoms. The van der Waals surface area contributed by atoms with Crippen molar-refractivity contribution in [1.29, 1.82) is 0 Å². The van der Waals surface area contributed by atoms with Crippen LogP contribution in [0.25, 0.3) is 0 Å². The van der Waals surface area contributed by atoms with E-state index in [2.05, 4.69) is 11.8 Å². The minimum absolute atomic E-state index is 0.0460. The molecule has 1 rings (SSSR count). The number of amides is 1. The molecule has 0 spiro atoms. The second-order valence-electron chi connectivity index (χ2n) is 4.38. The first-order chi connectivity index (χ1) is 9.87. The lowest BCUT2D eigenvalue weighted by Gasteiger charge is -2.23. The van der Waals surface area contributed by atoms with E-state index in [1.165, 1.54) is 24.3 Å². The predicted molar refractivity (Wildman–Crippen MR) is 72.7 cm³/mol. The van der Waals surface area contributed by atoms with Crippen molar-refractivity contribution in [3.05, 3.63) is 35.4 Å². The van der Waals surface area contributed by atoms with Gasteiger partial charge in [-0.1, -0.05) is 18.8 Å². The van der Waals surface area contributed by atoms with E-state index in [1.54, 1.807) is 6.92 Å². The normalized spacial score (nSPS) is 10.7. The van der Waals surface area contributed by atoms with Gasteiger partial charge in [0.1, 0.15) is 13.2 Å². The van der Waals surface area contributed by atoms with Gasteiger partial charge < -0.3 is 10.0 Å². The average molecular weight is 299 g/mol. The summed E-state index contributed by atoms with van der Waals surface area (Å²) in [5.41, 5.74) is 0.765. The Hall–Kier alpha value is -2.00. The SMILES string of the molecule is CCCN(CC(F)(F)F)C(=O)c1ccc(C#CCO)cc1. The van der Waals surface area contributed by atoms with E-state index in [0.29, 0.717) is 12.0 Å². The van der Waals surface area contributed by atoms with Crippen LogP contribution in [-0.4, -0.2) is 41.8 Å². The molecule has 1 aromatic carbocycles. The van der Waals surface area contributed by atoms with Gasteiger partial charge in [0.05, 0.1) is 0 Å². The molecule has 0 radical (unpaired) electrons. The summed E-state index contributed by atoms with van der Waals surface area (Å²) in [6, 6.07) is 5.94. The Morgan fingerprint density at radius 1 is 1.29 bits per heavy atom. The van der Waals surface area contributed by atoms with E-state index >= 15 is 0 Å². The highest BCUT2D eigenvalue weighted by molar-refractivity contribution is 5.94. The van der Waals surface area contributed by atoms with Crippen LogP contribution in [0.3, 0.4) is 0 Å². The fourth-order valence-corrected chi connectivity index (χ4v) is 1.76. The van der Waals surface area contributed by atoms with Crippen molar-refractivity contribution < 1.29 is 23.1 Å². The van der Waals surface area contributed by atoms with Crippen molar-refractivity contribution in [1.82, 2.24) is 4.90 Å². The molecular formula is C15H16F3NO2. The molecule has 0 heterocycles. The lowest BCUT2D eigenvalue weighted by atomic mass is 10.1. The number of benzene rings is 1. The van der Waals surface area contributed by atoms with Crippen LogP contribution in [0.2, 0.25) is 0 Å². The molecule has 0 unspecified atom stereocenters. The standard InChI is InChI=1S/C15H16F3NO2/c1-2-9-19(11-15(16,17)18)14(21)13-7-5-12(6-8-13)4-3-10-20/h5-8,20H,2,9-11H2,1H3. The maximum atomic E-state index is 12.5. The first-order valence-electron chi connectivity index (χ1n) is 6.43. The van der Waals surface area contributed by atoms with E-state index in [4.69, 9.17) is 5.11 Å². The topological polar surface area (TPSA) is 40.5 Å². The summed E-state index contributed by atoms with van der Waals surface area (Å²) in [5, 5.41) is 8.57. The molecule has 3 nitrogen and oxygen atoms in total. The highest BCUT2D eigenvalue weighted by atomic mass is 19.4. The van der Waals surface area contributed by atoms with Gasteiger partial charge in [-0.05, 0) is 30.7 Å². The molecule has 1 N–H and O–H groups in total. The molecule has 0 atom stereocenters. The highest BCUT2D eigenvalue weighted by Crippen LogP contribution is 2.18. The van der Waals surface area contributed by atoms with Crippen molar-refractivity contribution in [2.24, 2.45) is 0 Å². The minimum Gasteiger partial charge on any atom is -0.384 e. The third-order valence-corrected chi connectivity index (χ3v) is 2.59. The largest absolute Gasteiger partial charge is 0.406 e. The van der Waals surface area contributed by atoms with Crippen LogP contribution >= 0.6 is 0 Å². The molecule has 0 bridgehead atoms. The summed E-state index contributed by atoms with van der Waals surface area (Å²) in [5.74, 6) is 4.44. The maximum Gasteiger partial charge on any atom is 0.406 e. The summed E-state index contributed by atoms with van der Waals surface area (Å²) >= 11 is 0. The van der Waals surface area contributed by atoms with Crippen molar-refractivity contribution in [3.8, 4) is 11.8 Å². The molecule has 0 aromatic heterocycles. The van der Waals surface area contributed by atoms with Gasteiger partial charge in [-0.2, -0.15) is 13.2 Å². The molecule has 0 saturated heterocycles. The molecule has 1 aromatic rings. The fraction of sp³-hybridized carbons (Fsp3) is 0.400. The van der Waals surface area contributed by atoms with Crippen LogP contribution in [-0.2, 0) is 0 Å². The molecule has 1 amide bonds. The van der Waals surface area contributed by atoms with E-state index in [-0.39, 0.29) is 18.7 Å². The third kappa shape index (κ3) is 5.88. The number of carbonyl (C=O) groups is 1. The van der Waals surface area contributed by atoms with Crippen LogP contribution in [0.15, 0.2) is 24.3 Å².